The molecular formula is C7H9NO. The van der Waals surface area contributed by atoms with Crippen molar-refractivity contribution in [3.05, 3.63) is 17.2 Å². The Bertz CT molecular complexity index is 256. The largest absolute Gasteiger partial charge is 0.444 e. The molecule has 0 saturated heterocycles. The minimum Gasteiger partial charge on any atom is -0.444 e. The molecule has 0 amide bonds. The Hall–Kier alpha value is -1.05. The quantitative estimate of drug-likeness (QED) is 0.495. The molecule has 9 heavy (non-hydrogen) atoms. The summed E-state index contributed by atoms with van der Waals surface area (Å²) >= 11 is 0. The van der Waals surface area contributed by atoms with Gasteiger partial charge in [-0.15, -0.1) is 0 Å². The number of hydrogen-bond donors (Lipinski definition) is 0. The second kappa shape index (κ2) is 2.49. The highest BCUT2D eigenvalue weighted by atomic mass is 16.3. The second-order valence-corrected chi connectivity index (χ2v) is 1.68. The van der Waals surface area contributed by atoms with Gasteiger partial charge in [0.05, 0.1) is 0 Å². The molecule has 48 valence electrons. The van der Waals surface area contributed by atoms with Gasteiger partial charge in [-0.2, -0.15) is 0 Å². The number of oxazole rings is 1. The van der Waals surface area contributed by atoms with Crippen molar-refractivity contribution >= 4 is 12.2 Å². The summed E-state index contributed by atoms with van der Waals surface area (Å²) < 4.78 is 5.01. The molecule has 1 rings (SSSR count). The molecule has 0 aliphatic carbocycles. The topological polar surface area (TPSA) is 26.0 Å². The first-order valence-corrected chi connectivity index (χ1v) is 2.90. The fourth-order valence-corrected chi connectivity index (χ4v) is 0.697. The van der Waals surface area contributed by atoms with Crippen LogP contribution in [0.4, 0.5) is 0 Å². The van der Waals surface area contributed by atoms with Gasteiger partial charge in [0.15, 0.2) is 6.39 Å². The molecule has 1 heterocycles. The number of rotatable bonds is 0. The maximum atomic E-state index is 5.01. The third-order valence-corrected chi connectivity index (χ3v) is 1.16. The SMILES string of the molecule is CC=c1ncoc1=CC. The Morgan fingerprint density at radius 3 is 2.67 bits per heavy atom. The average Bonchev–Trinajstić information content (AvgIpc) is 2.33. The lowest BCUT2D eigenvalue weighted by molar-refractivity contribution is 0.524. The fourth-order valence-electron chi connectivity index (χ4n) is 0.697. The molecule has 0 aromatic carbocycles. The minimum absolute atomic E-state index is 0.845. The van der Waals surface area contributed by atoms with Gasteiger partial charge in [-0.3, -0.25) is 0 Å². The van der Waals surface area contributed by atoms with Crippen molar-refractivity contribution in [2.24, 2.45) is 0 Å². The van der Waals surface area contributed by atoms with Crippen LogP contribution in [0.5, 0.6) is 0 Å². The van der Waals surface area contributed by atoms with E-state index in [1.165, 1.54) is 6.39 Å². The third kappa shape index (κ3) is 1.02. The van der Waals surface area contributed by atoms with Gasteiger partial charge in [0.2, 0.25) is 0 Å². The first kappa shape index (κ1) is 6.08. The van der Waals surface area contributed by atoms with Gasteiger partial charge in [-0.1, -0.05) is 6.08 Å². The van der Waals surface area contributed by atoms with Crippen molar-refractivity contribution in [3.63, 3.8) is 0 Å². The standard InChI is InChI=1S/C7H9NO/c1-3-6-7(4-2)9-5-8-6/h3-5H,1-2H3. The Morgan fingerprint density at radius 1 is 1.44 bits per heavy atom. The molecule has 0 aliphatic rings. The Morgan fingerprint density at radius 2 is 2.22 bits per heavy atom. The smallest absolute Gasteiger partial charge is 0.181 e. The minimum atomic E-state index is 0.845. The first-order valence-electron chi connectivity index (χ1n) is 2.90. The van der Waals surface area contributed by atoms with E-state index < -0.39 is 0 Å². The van der Waals surface area contributed by atoms with Crippen LogP contribution in [-0.2, 0) is 0 Å². The highest BCUT2D eigenvalue weighted by Crippen LogP contribution is 1.63. The zero-order valence-corrected chi connectivity index (χ0v) is 5.59. The lowest BCUT2D eigenvalue weighted by atomic mass is 10.5. The number of hydrogen-bond acceptors (Lipinski definition) is 2. The maximum Gasteiger partial charge on any atom is 0.181 e. The molecular weight excluding hydrogens is 114 g/mol. The van der Waals surface area contributed by atoms with E-state index in [-0.39, 0.29) is 0 Å². The molecule has 2 heteroatoms. The molecule has 1 aromatic heterocycles. The van der Waals surface area contributed by atoms with E-state index in [9.17, 15) is 0 Å². The van der Waals surface area contributed by atoms with Crippen molar-refractivity contribution in [1.29, 1.82) is 0 Å². The lowest BCUT2D eigenvalue weighted by Crippen LogP contribution is -2.20. The predicted molar refractivity (Wildman–Crippen MR) is 36.0 cm³/mol. The van der Waals surface area contributed by atoms with Crippen LogP contribution in [0.3, 0.4) is 0 Å². The van der Waals surface area contributed by atoms with Crippen LogP contribution in [-0.4, -0.2) is 4.98 Å². The van der Waals surface area contributed by atoms with Gasteiger partial charge >= 0.3 is 0 Å². The Balaban J connectivity index is 3.50. The predicted octanol–water partition coefficient (Wildman–Crippen LogP) is 0.275. The second-order valence-electron chi connectivity index (χ2n) is 1.68. The third-order valence-electron chi connectivity index (χ3n) is 1.16. The zero-order chi connectivity index (χ0) is 6.69. The van der Waals surface area contributed by atoms with Crippen LogP contribution < -0.4 is 10.8 Å². The summed E-state index contributed by atoms with van der Waals surface area (Å²) in [6.07, 6.45) is 5.26. The van der Waals surface area contributed by atoms with Crippen LogP contribution in [0.25, 0.3) is 12.2 Å². The molecule has 2 nitrogen and oxygen atoms in total. The summed E-state index contributed by atoms with van der Waals surface area (Å²) in [5.41, 5.74) is 0.845. The van der Waals surface area contributed by atoms with E-state index in [1.54, 1.807) is 0 Å². The van der Waals surface area contributed by atoms with Gasteiger partial charge in [0.1, 0.15) is 10.8 Å². The molecule has 0 fully saturated rings. The fraction of sp³-hybridized carbons (Fsp3) is 0.286. The van der Waals surface area contributed by atoms with Crippen molar-refractivity contribution in [1.82, 2.24) is 4.98 Å². The van der Waals surface area contributed by atoms with Crippen LogP contribution >= 0.6 is 0 Å². The lowest BCUT2D eigenvalue weighted by Gasteiger charge is -1.68. The molecule has 0 aliphatic heterocycles. The number of aromatic nitrogens is 1. The normalized spacial score (nSPS) is 14.9. The van der Waals surface area contributed by atoms with Crippen LogP contribution in [0.15, 0.2) is 10.8 Å². The molecule has 1 aromatic rings. The van der Waals surface area contributed by atoms with Gasteiger partial charge in [0, 0.05) is 0 Å². The van der Waals surface area contributed by atoms with Gasteiger partial charge < -0.3 is 4.42 Å². The molecule has 0 bridgehead atoms. The van der Waals surface area contributed by atoms with Crippen LogP contribution in [0, 0.1) is 0 Å². The van der Waals surface area contributed by atoms with E-state index in [0.717, 1.165) is 10.8 Å². The molecule has 0 saturated carbocycles. The molecule has 0 unspecified atom stereocenters. The van der Waals surface area contributed by atoms with Crippen molar-refractivity contribution < 1.29 is 4.42 Å². The van der Waals surface area contributed by atoms with Crippen molar-refractivity contribution in [2.45, 2.75) is 13.8 Å². The summed E-state index contributed by atoms with van der Waals surface area (Å²) in [5, 5.41) is 0.914. The molecule has 0 N–H and O–H groups in total. The van der Waals surface area contributed by atoms with Crippen LogP contribution in [0.1, 0.15) is 13.8 Å². The summed E-state index contributed by atoms with van der Waals surface area (Å²) in [6, 6.07) is 0. The van der Waals surface area contributed by atoms with Gasteiger partial charge in [-0.05, 0) is 19.9 Å². The summed E-state index contributed by atoms with van der Waals surface area (Å²) in [6.45, 7) is 3.86. The number of nitrogens with zero attached hydrogens (tertiary/aromatic N) is 1. The van der Waals surface area contributed by atoms with E-state index in [4.69, 9.17) is 4.42 Å². The average molecular weight is 123 g/mol. The monoisotopic (exact) mass is 123 g/mol. The van der Waals surface area contributed by atoms with E-state index in [0.29, 0.717) is 0 Å². The van der Waals surface area contributed by atoms with Crippen LogP contribution in [0.2, 0.25) is 0 Å². The van der Waals surface area contributed by atoms with Gasteiger partial charge in [0.25, 0.3) is 0 Å². The highest BCUT2D eigenvalue weighted by Gasteiger charge is 1.82. The van der Waals surface area contributed by atoms with Gasteiger partial charge in [-0.25, -0.2) is 4.98 Å². The first-order chi connectivity index (χ1) is 4.38. The highest BCUT2D eigenvalue weighted by molar-refractivity contribution is 5.19. The zero-order valence-electron chi connectivity index (χ0n) is 5.59. The Labute approximate surface area is 53.5 Å². The molecule has 0 atom stereocenters. The molecule has 0 spiro atoms. The van der Waals surface area contributed by atoms with Crippen molar-refractivity contribution in [2.75, 3.05) is 0 Å². The summed E-state index contributed by atoms with van der Waals surface area (Å²) in [7, 11) is 0. The van der Waals surface area contributed by atoms with E-state index in [2.05, 4.69) is 4.98 Å². The summed E-state index contributed by atoms with van der Waals surface area (Å²) in [5.74, 6) is 0. The molecule has 0 radical (unpaired) electrons. The Kier molecular flexibility index (Phi) is 1.68. The van der Waals surface area contributed by atoms with E-state index in [1.807, 2.05) is 26.0 Å². The van der Waals surface area contributed by atoms with E-state index >= 15 is 0 Å². The van der Waals surface area contributed by atoms with Crippen molar-refractivity contribution in [3.8, 4) is 0 Å². The maximum absolute atomic E-state index is 5.01. The summed E-state index contributed by atoms with van der Waals surface area (Å²) in [4.78, 5) is 3.95.